The summed E-state index contributed by atoms with van der Waals surface area (Å²) in [5.74, 6) is 5.23. The second-order valence-electron chi connectivity index (χ2n) is 14.2. The number of fused-ring (bicyclic) bond motifs is 5. The summed E-state index contributed by atoms with van der Waals surface area (Å²) in [6.07, 6.45) is 18.1. The Morgan fingerprint density at radius 3 is 2.55 bits per heavy atom. The van der Waals surface area contributed by atoms with Crippen molar-refractivity contribution in [2.24, 2.45) is 46.3 Å². The molecule has 0 saturated heterocycles. The highest BCUT2D eigenvalue weighted by atomic mass is 31.1. The highest BCUT2D eigenvalue weighted by Gasteiger charge is 2.59. The Hall–Kier alpha value is -0.520. The van der Waals surface area contributed by atoms with Crippen LogP contribution in [0, 0.1) is 46.3 Å². The van der Waals surface area contributed by atoms with Crippen molar-refractivity contribution in [2.45, 2.75) is 111 Å². The first-order chi connectivity index (χ1) is 19.2. The molecule has 4 aliphatic carbocycles. The monoisotopic (exact) mass is 580 g/mol. The van der Waals surface area contributed by atoms with Crippen LogP contribution < -0.4 is 0 Å². The summed E-state index contributed by atoms with van der Waals surface area (Å²) in [4.78, 5) is 10.2. The normalized spacial score (nSPS) is 36.9. The van der Waals surface area contributed by atoms with Crippen molar-refractivity contribution in [3.8, 4) is 0 Å². The summed E-state index contributed by atoms with van der Waals surface area (Å²) >= 11 is 0. The number of carbonyl (C=O) groups excluding carboxylic acids is 1. The number of hydrogen-bond donors (Lipinski definition) is 0. The van der Waals surface area contributed by atoms with E-state index < -0.39 is 8.25 Å². The van der Waals surface area contributed by atoms with Crippen molar-refractivity contribution < 1.29 is 27.9 Å². The number of hydrogen-bond acceptors (Lipinski definition) is 6. The van der Waals surface area contributed by atoms with Gasteiger partial charge < -0.3 is 23.3 Å². The Balaban J connectivity index is 1.23. The van der Waals surface area contributed by atoms with Crippen LogP contribution >= 0.6 is 8.25 Å². The molecule has 0 bridgehead atoms. The maximum absolute atomic E-state index is 11.4. The zero-order valence-electron chi connectivity index (χ0n) is 26.0. The molecule has 0 aromatic heterocycles. The van der Waals surface area contributed by atoms with Gasteiger partial charge >= 0.3 is 8.25 Å². The summed E-state index contributed by atoms with van der Waals surface area (Å²) in [6.45, 7) is 13.9. The third kappa shape index (κ3) is 7.51. The van der Waals surface area contributed by atoms with Crippen molar-refractivity contribution >= 4 is 14.5 Å². The summed E-state index contributed by atoms with van der Waals surface area (Å²) in [6, 6.07) is 0. The van der Waals surface area contributed by atoms with Crippen LogP contribution in [0.25, 0.3) is 0 Å². The first kappa shape index (κ1) is 32.4. The molecule has 230 valence electrons. The van der Waals surface area contributed by atoms with E-state index in [1.54, 1.807) is 5.57 Å². The molecule has 4 rings (SSSR count). The molecule has 0 spiro atoms. The van der Waals surface area contributed by atoms with Crippen molar-refractivity contribution in [2.75, 3.05) is 33.0 Å². The molecule has 0 heterocycles. The van der Waals surface area contributed by atoms with Crippen LogP contribution in [-0.2, 0) is 27.9 Å². The Labute approximate surface area is 244 Å². The molecule has 0 amide bonds. The fourth-order valence-electron chi connectivity index (χ4n) is 9.50. The van der Waals surface area contributed by atoms with Gasteiger partial charge in [0.1, 0.15) is 12.9 Å². The van der Waals surface area contributed by atoms with Gasteiger partial charge in [0.2, 0.25) is 0 Å². The average molecular weight is 581 g/mol. The third-order valence-corrected chi connectivity index (χ3v) is 12.4. The van der Waals surface area contributed by atoms with E-state index in [1.807, 2.05) is 0 Å². The lowest BCUT2D eigenvalue weighted by Crippen LogP contribution is -2.51. The number of aldehydes is 1. The van der Waals surface area contributed by atoms with Crippen molar-refractivity contribution in [3.63, 3.8) is 0 Å². The van der Waals surface area contributed by atoms with E-state index in [-0.39, 0.29) is 19.3 Å². The topological polar surface area (TPSA) is 71.1 Å². The number of allylic oxidation sites excluding steroid dienone is 1. The van der Waals surface area contributed by atoms with Gasteiger partial charge in [-0.3, -0.25) is 4.57 Å². The van der Waals surface area contributed by atoms with Crippen molar-refractivity contribution in [3.05, 3.63) is 11.6 Å². The molecular weight excluding hydrogens is 523 g/mol. The highest BCUT2D eigenvalue weighted by Crippen LogP contribution is 2.67. The zero-order valence-corrected chi connectivity index (χ0v) is 27.0. The molecule has 9 atom stereocenters. The van der Waals surface area contributed by atoms with Crippen LogP contribution in [0.4, 0.5) is 0 Å². The van der Waals surface area contributed by atoms with Crippen LogP contribution in [0.1, 0.15) is 105 Å². The van der Waals surface area contributed by atoms with Gasteiger partial charge in [-0.05, 0) is 97.7 Å². The van der Waals surface area contributed by atoms with Crippen LogP contribution in [0.2, 0.25) is 0 Å². The number of ether oxygens (including phenoxy) is 2. The molecule has 4 aliphatic rings. The van der Waals surface area contributed by atoms with Crippen LogP contribution in [0.15, 0.2) is 11.6 Å². The van der Waals surface area contributed by atoms with Crippen molar-refractivity contribution in [1.82, 2.24) is 0 Å². The Bertz CT molecular complexity index is 875. The first-order valence-electron chi connectivity index (χ1n) is 16.3. The summed E-state index contributed by atoms with van der Waals surface area (Å²) < 4.78 is 32.9. The van der Waals surface area contributed by atoms with Gasteiger partial charge in [0.15, 0.2) is 0 Å². The lowest BCUT2D eigenvalue weighted by atomic mass is 9.47. The second-order valence-corrected chi connectivity index (χ2v) is 15.3. The van der Waals surface area contributed by atoms with Gasteiger partial charge in [0, 0.05) is 0 Å². The fourth-order valence-corrected chi connectivity index (χ4v) is 10.0. The molecule has 0 radical (unpaired) electrons. The molecule has 1 unspecified atom stereocenters. The van der Waals surface area contributed by atoms with Gasteiger partial charge in [0.25, 0.3) is 0 Å². The number of carbonyl (C=O) groups is 1. The Morgan fingerprint density at radius 1 is 0.975 bits per heavy atom. The van der Waals surface area contributed by atoms with E-state index in [9.17, 15) is 9.36 Å². The summed E-state index contributed by atoms with van der Waals surface area (Å²) in [5, 5.41) is 0. The maximum atomic E-state index is 11.4. The van der Waals surface area contributed by atoms with Gasteiger partial charge in [-0.1, -0.05) is 65.5 Å². The molecule has 40 heavy (non-hydrogen) atoms. The van der Waals surface area contributed by atoms with E-state index in [0.717, 1.165) is 48.3 Å². The largest absolute Gasteiger partial charge is 0.377 e. The van der Waals surface area contributed by atoms with Gasteiger partial charge in [0.05, 0.1) is 32.5 Å². The van der Waals surface area contributed by atoms with Crippen LogP contribution in [-0.4, -0.2) is 45.4 Å². The van der Waals surface area contributed by atoms with Crippen LogP contribution in [0.3, 0.4) is 0 Å². The molecule has 0 aliphatic heterocycles. The standard InChI is InChI=1S/C33H57O6P/c1-24(2)7-6-8-25(3)29-11-12-30-28-10-9-26-23-27(13-15-32(26,4)31(28)14-16-33(29,30)5)37-21-19-36-20-22-39-40(35)38-18-17-34/h9,17,24-25,27-31,40H,6-8,10-16,18-23H2,1-5H3/t25-,27+,28+,29-,30+,31+,32+,33-/m1/s1. The smallest absolute Gasteiger partial charge is 0.319 e. The summed E-state index contributed by atoms with van der Waals surface area (Å²) in [7, 11) is -2.61. The highest BCUT2D eigenvalue weighted by molar-refractivity contribution is 7.33. The lowest BCUT2D eigenvalue weighted by molar-refractivity contribution is -0.109. The molecule has 7 heteroatoms. The van der Waals surface area contributed by atoms with Crippen LogP contribution in [0.5, 0.6) is 0 Å². The van der Waals surface area contributed by atoms with E-state index in [2.05, 4.69) is 40.7 Å². The van der Waals surface area contributed by atoms with Gasteiger partial charge in [-0.2, -0.15) is 0 Å². The minimum absolute atomic E-state index is 0.186. The molecule has 3 saturated carbocycles. The molecule has 0 N–H and O–H groups in total. The predicted octanol–water partition coefficient (Wildman–Crippen LogP) is 8.05. The minimum atomic E-state index is -2.61. The van der Waals surface area contributed by atoms with E-state index in [1.165, 1.54) is 57.8 Å². The molecule has 0 aromatic carbocycles. The van der Waals surface area contributed by atoms with Crippen molar-refractivity contribution in [1.29, 1.82) is 0 Å². The quantitative estimate of drug-likeness (QED) is 0.0796. The molecule has 6 nitrogen and oxygen atoms in total. The van der Waals surface area contributed by atoms with E-state index >= 15 is 0 Å². The van der Waals surface area contributed by atoms with E-state index in [0.29, 0.717) is 36.9 Å². The third-order valence-electron chi connectivity index (χ3n) is 11.6. The molecule has 0 aromatic rings. The zero-order chi connectivity index (χ0) is 28.8. The average Bonchev–Trinajstić information content (AvgIpc) is 3.28. The second kappa shape index (κ2) is 14.8. The number of rotatable bonds is 16. The fraction of sp³-hybridized carbons (Fsp3) is 0.909. The summed E-state index contributed by atoms with van der Waals surface area (Å²) in [5.41, 5.74) is 2.56. The lowest BCUT2D eigenvalue weighted by Gasteiger charge is -2.58. The predicted molar refractivity (Wildman–Crippen MR) is 161 cm³/mol. The minimum Gasteiger partial charge on any atom is -0.377 e. The molecular formula is C33H57O6P. The van der Waals surface area contributed by atoms with Gasteiger partial charge in [-0.25, -0.2) is 0 Å². The van der Waals surface area contributed by atoms with E-state index in [4.69, 9.17) is 18.5 Å². The maximum Gasteiger partial charge on any atom is 0.319 e. The van der Waals surface area contributed by atoms with Gasteiger partial charge in [-0.15, -0.1) is 0 Å². The first-order valence-corrected chi connectivity index (χ1v) is 17.5. The molecule has 3 fully saturated rings. The Morgan fingerprint density at radius 2 is 1.77 bits per heavy atom. The SMILES string of the molecule is CC(C)CCC[C@@H](C)[C@H]1CC[C@H]2[C@@H]3CC=C4C[C@@H](OCCOCCO[PH](=O)OCC=O)CC[C@]4(C)[C@H]3CC[C@]12C. The Kier molecular flexibility index (Phi) is 12.0.